The van der Waals surface area contributed by atoms with E-state index in [1.807, 2.05) is 0 Å². The van der Waals surface area contributed by atoms with Gasteiger partial charge in [-0.25, -0.2) is 0 Å². The predicted molar refractivity (Wildman–Crippen MR) is 170 cm³/mol. The van der Waals surface area contributed by atoms with E-state index in [1.54, 1.807) is 42.7 Å². The SMILES string of the molecule is CCCCCCCCC(CC)C(OC)(OC)OC.CCCCCCCCC(CCCCCC)C(OC)(OC)OC. The summed E-state index contributed by atoms with van der Waals surface area (Å²) in [6.45, 7) is 8.92. The van der Waals surface area contributed by atoms with Gasteiger partial charge in [0.1, 0.15) is 0 Å². The topological polar surface area (TPSA) is 55.4 Å². The average Bonchev–Trinajstić information content (AvgIpc) is 2.99. The number of hydrogen-bond acceptors (Lipinski definition) is 6. The molecule has 0 heterocycles. The summed E-state index contributed by atoms with van der Waals surface area (Å²) in [6.07, 6.45) is 25.2. The van der Waals surface area contributed by atoms with Gasteiger partial charge >= 0.3 is 0 Å². The minimum Gasteiger partial charge on any atom is -0.331 e. The molecule has 2 atom stereocenters. The molecule has 0 N–H and O–H groups in total. The smallest absolute Gasteiger partial charge is 0.285 e. The van der Waals surface area contributed by atoms with Gasteiger partial charge in [0, 0.05) is 54.5 Å². The maximum atomic E-state index is 5.61. The molecule has 6 heteroatoms. The molecular weight excluding hydrogens is 504 g/mol. The van der Waals surface area contributed by atoms with E-state index >= 15 is 0 Å². The fourth-order valence-electron chi connectivity index (χ4n) is 5.79. The molecule has 0 amide bonds. The molecule has 0 rings (SSSR count). The average molecular weight is 577 g/mol. The van der Waals surface area contributed by atoms with E-state index in [0.29, 0.717) is 11.8 Å². The molecule has 0 aromatic heterocycles. The Bertz CT molecular complexity index is 476. The van der Waals surface area contributed by atoms with Gasteiger partial charge in [0.25, 0.3) is 11.9 Å². The van der Waals surface area contributed by atoms with Gasteiger partial charge in [0.15, 0.2) is 0 Å². The molecule has 0 bridgehead atoms. The normalized spacial score (nSPS) is 13.7. The lowest BCUT2D eigenvalue weighted by atomic mass is 9.92. The van der Waals surface area contributed by atoms with E-state index in [0.717, 1.165) is 25.7 Å². The Labute approximate surface area is 250 Å². The third-order valence-electron chi connectivity index (χ3n) is 8.42. The molecule has 0 aromatic carbocycles. The molecule has 244 valence electrons. The lowest BCUT2D eigenvalue weighted by molar-refractivity contribution is -0.380. The van der Waals surface area contributed by atoms with Crippen LogP contribution in [0.5, 0.6) is 0 Å². The van der Waals surface area contributed by atoms with Gasteiger partial charge < -0.3 is 28.4 Å². The summed E-state index contributed by atoms with van der Waals surface area (Å²) in [5, 5.41) is 0. The summed E-state index contributed by atoms with van der Waals surface area (Å²) in [5.74, 6) is -1.12. The van der Waals surface area contributed by atoms with Crippen molar-refractivity contribution in [2.75, 3.05) is 42.7 Å². The molecule has 0 spiro atoms. The Kier molecular flexibility index (Phi) is 30.2. The summed E-state index contributed by atoms with van der Waals surface area (Å²) < 4.78 is 33.1. The van der Waals surface area contributed by atoms with Gasteiger partial charge in [-0.3, -0.25) is 0 Å². The van der Waals surface area contributed by atoms with Crippen LogP contribution in [0.3, 0.4) is 0 Å². The highest BCUT2D eigenvalue weighted by molar-refractivity contribution is 4.72. The zero-order chi connectivity index (χ0) is 30.5. The minimum atomic E-state index is -0.865. The first-order valence-corrected chi connectivity index (χ1v) is 16.7. The van der Waals surface area contributed by atoms with Crippen LogP contribution in [0.4, 0.5) is 0 Å². The van der Waals surface area contributed by atoms with E-state index in [9.17, 15) is 0 Å². The Balaban J connectivity index is 0. The first kappa shape index (κ1) is 41.9. The van der Waals surface area contributed by atoms with Crippen molar-refractivity contribution < 1.29 is 28.4 Å². The first-order chi connectivity index (χ1) is 19.4. The van der Waals surface area contributed by atoms with E-state index in [2.05, 4.69) is 27.7 Å². The summed E-state index contributed by atoms with van der Waals surface area (Å²) >= 11 is 0. The van der Waals surface area contributed by atoms with Crippen LogP contribution >= 0.6 is 0 Å². The number of methoxy groups -OCH3 is 6. The maximum absolute atomic E-state index is 5.61. The third-order valence-corrected chi connectivity index (χ3v) is 8.42. The highest BCUT2D eigenvalue weighted by Gasteiger charge is 2.39. The monoisotopic (exact) mass is 577 g/mol. The summed E-state index contributed by atoms with van der Waals surface area (Å²) in [7, 11) is 10.0. The Morgan fingerprint density at radius 2 is 0.600 bits per heavy atom. The lowest BCUT2D eigenvalue weighted by Crippen LogP contribution is -2.44. The van der Waals surface area contributed by atoms with Crippen LogP contribution in [0, 0.1) is 11.8 Å². The molecule has 0 saturated carbocycles. The van der Waals surface area contributed by atoms with E-state index in [1.165, 1.54) is 103 Å². The number of rotatable bonds is 28. The van der Waals surface area contributed by atoms with Crippen LogP contribution in [0.1, 0.15) is 156 Å². The van der Waals surface area contributed by atoms with Crippen molar-refractivity contribution in [3.05, 3.63) is 0 Å². The van der Waals surface area contributed by atoms with Crippen LogP contribution in [0.2, 0.25) is 0 Å². The molecule has 0 aromatic rings. The van der Waals surface area contributed by atoms with Crippen LogP contribution in [0.25, 0.3) is 0 Å². The van der Waals surface area contributed by atoms with Crippen LogP contribution in [-0.2, 0) is 28.4 Å². The van der Waals surface area contributed by atoms with Gasteiger partial charge in [0.2, 0.25) is 0 Å². The molecule has 0 radical (unpaired) electrons. The Morgan fingerprint density at radius 1 is 0.350 bits per heavy atom. The van der Waals surface area contributed by atoms with Crippen molar-refractivity contribution in [2.24, 2.45) is 11.8 Å². The first-order valence-electron chi connectivity index (χ1n) is 16.7. The van der Waals surface area contributed by atoms with Crippen molar-refractivity contribution in [1.82, 2.24) is 0 Å². The summed E-state index contributed by atoms with van der Waals surface area (Å²) in [4.78, 5) is 0. The summed E-state index contributed by atoms with van der Waals surface area (Å²) in [5.41, 5.74) is 0. The van der Waals surface area contributed by atoms with Crippen molar-refractivity contribution in [3.8, 4) is 0 Å². The molecule has 6 nitrogen and oxygen atoms in total. The van der Waals surface area contributed by atoms with Crippen LogP contribution in [0.15, 0.2) is 0 Å². The van der Waals surface area contributed by atoms with Crippen molar-refractivity contribution >= 4 is 0 Å². The predicted octanol–water partition coefficient (Wildman–Crippen LogP) is 10.3. The quantitative estimate of drug-likeness (QED) is 0.0682. The molecule has 0 aliphatic rings. The third kappa shape index (κ3) is 17.7. The fraction of sp³-hybridized carbons (Fsp3) is 1.00. The zero-order valence-electron chi connectivity index (χ0n) is 28.7. The molecule has 0 fully saturated rings. The van der Waals surface area contributed by atoms with Crippen LogP contribution in [-0.4, -0.2) is 54.6 Å². The number of ether oxygens (including phenoxy) is 6. The van der Waals surface area contributed by atoms with Gasteiger partial charge in [0.05, 0.1) is 0 Å². The Hall–Kier alpha value is -0.240. The second-order valence-corrected chi connectivity index (χ2v) is 11.2. The number of unbranched alkanes of at least 4 members (excludes halogenated alkanes) is 13. The molecular formula is C34H72O6. The Morgan fingerprint density at radius 3 is 0.900 bits per heavy atom. The largest absolute Gasteiger partial charge is 0.331 e. The van der Waals surface area contributed by atoms with Gasteiger partial charge in [-0.05, 0) is 25.7 Å². The zero-order valence-corrected chi connectivity index (χ0v) is 28.7. The lowest BCUT2D eigenvalue weighted by Gasteiger charge is -2.36. The maximum Gasteiger partial charge on any atom is 0.285 e. The van der Waals surface area contributed by atoms with E-state index in [4.69, 9.17) is 28.4 Å². The highest BCUT2D eigenvalue weighted by Crippen LogP contribution is 2.33. The second kappa shape index (κ2) is 28.9. The van der Waals surface area contributed by atoms with Crippen molar-refractivity contribution in [2.45, 2.75) is 168 Å². The van der Waals surface area contributed by atoms with Crippen molar-refractivity contribution in [1.29, 1.82) is 0 Å². The van der Waals surface area contributed by atoms with E-state index < -0.39 is 11.9 Å². The fourth-order valence-corrected chi connectivity index (χ4v) is 5.79. The van der Waals surface area contributed by atoms with Crippen molar-refractivity contribution in [3.63, 3.8) is 0 Å². The highest BCUT2D eigenvalue weighted by atomic mass is 16.9. The standard InChI is InChI=1S/C19H40O3.C15H32O3/c1-6-8-10-12-13-15-17-18(16-14-11-9-7-2)19(20-3,21-4)22-5;1-6-8-9-10-11-12-13-14(7-2)15(16-3,17-4)18-5/h18H,6-17H2,1-5H3;14H,6-13H2,1-5H3. The van der Waals surface area contributed by atoms with Gasteiger partial charge in [-0.1, -0.05) is 130 Å². The molecule has 0 aliphatic carbocycles. The minimum absolute atomic E-state index is 0.295. The van der Waals surface area contributed by atoms with Gasteiger partial charge in [-0.2, -0.15) is 0 Å². The molecule has 2 unspecified atom stereocenters. The molecule has 0 saturated heterocycles. The van der Waals surface area contributed by atoms with Crippen LogP contribution < -0.4 is 0 Å². The number of hydrogen-bond donors (Lipinski definition) is 0. The second-order valence-electron chi connectivity index (χ2n) is 11.2. The van der Waals surface area contributed by atoms with Gasteiger partial charge in [-0.15, -0.1) is 0 Å². The molecule has 0 aliphatic heterocycles. The molecule has 40 heavy (non-hydrogen) atoms. The summed E-state index contributed by atoms with van der Waals surface area (Å²) in [6, 6.07) is 0. The van der Waals surface area contributed by atoms with E-state index in [-0.39, 0.29) is 0 Å².